The van der Waals surface area contributed by atoms with E-state index < -0.39 is 0 Å². The van der Waals surface area contributed by atoms with Gasteiger partial charge in [0.15, 0.2) is 0 Å². The lowest BCUT2D eigenvalue weighted by Crippen LogP contribution is -2.30. The van der Waals surface area contributed by atoms with Gasteiger partial charge in [-0.3, -0.25) is 9.79 Å². The number of rotatable bonds is 2. The van der Waals surface area contributed by atoms with Crippen LogP contribution in [-0.4, -0.2) is 25.2 Å². The highest BCUT2D eigenvalue weighted by Gasteiger charge is 2.31. The number of hydrogen-bond acceptors (Lipinski definition) is 2. The van der Waals surface area contributed by atoms with Gasteiger partial charge in [-0.05, 0) is 6.07 Å². The molecule has 3 nitrogen and oxygen atoms in total. The SMILES string of the molecule is C=CCN1C(=O)/C(=N\C)c2ccccc21. The van der Waals surface area contributed by atoms with E-state index in [9.17, 15) is 4.79 Å². The predicted molar refractivity (Wildman–Crippen MR) is 61.5 cm³/mol. The van der Waals surface area contributed by atoms with Gasteiger partial charge in [0.25, 0.3) is 5.91 Å². The van der Waals surface area contributed by atoms with Gasteiger partial charge in [-0.2, -0.15) is 0 Å². The molecule has 0 saturated heterocycles. The quantitative estimate of drug-likeness (QED) is 0.668. The summed E-state index contributed by atoms with van der Waals surface area (Å²) in [6.45, 7) is 4.17. The van der Waals surface area contributed by atoms with E-state index in [1.807, 2.05) is 24.3 Å². The third kappa shape index (κ3) is 1.36. The largest absolute Gasteiger partial charge is 0.303 e. The van der Waals surface area contributed by atoms with E-state index in [1.54, 1.807) is 18.0 Å². The van der Waals surface area contributed by atoms with Crippen molar-refractivity contribution in [3.63, 3.8) is 0 Å². The Balaban J connectivity index is 2.56. The van der Waals surface area contributed by atoms with Crippen LogP contribution in [0.2, 0.25) is 0 Å². The summed E-state index contributed by atoms with van der Waals surface area (Å²) in [5.74, 6) is -0.0430. The fraction of sp³-hybridized carbons (Fsp3) is 0.167. The first-order valence-corrected chi connectivity index (χ1v) is 4.78. The highest BCUT2D eigenvalue weighted by Crippen LogP contribution is 2.28. The normalized spacial score (nSPS) is 17.0. The monoisotopic (exact) mass is 200 g/mol. The maximum Gasteiger partial charge on any atom is 0.277 e. The number of carbonyl (C=O) groups excluding carboxylic acids is 1. The third-order valence-corrected chi connectivity index (χ3v) is 2.43. The van der Waals surface area contributed by atoms with Crippen LogP contribution in [0.25, 0.3) is 0 Å². The Kier molecular flexibility index (Phi) is 2.37. The van der Waals surface area contributed by atoms with Gasteiger partial charge in [0, 0.05) is 19.2 Å². The Hall–Kier alpha value is -1.90. The van der Waals surface area contributed by atoms with Crippen LogP contribution in [0.15, 0.2) is 41.9 Å². The molecule has 0 atom stereocenters. The number of aliphatic imine (C=N–C) groups is 1. The summed E-state index contributed by atoms with van der Waals surface area (Å²) in [5.41, 5.74) is 2.36. The molecule has 15 heavy (non-hydrogen) atoms. The summed E-state index contributed by atoms with van der Waals surface area (Å²) >= 11 is 0. The summed E-state index contributed by atoms with van der Waals surface area (Å²) in [6, 6.07) is 7.67. The van der Waals surface area contributed by atoms with Gasteiger partial charge >= 0.3 is 0 Å². The van der Waals surface area contributed by atoms with E-state index in [-0.39, 0.29) is 5.91 Å². The lowest BCUT2D eigenvalue weighted by molar-refractivity contribution is -0.112. The van der Waals surface area contributed by atoms with Gasteiger partial charge in [-0.1, -0.05) is 24.3 Å². The van der Waals surface area contributed by atoms with Gasteiger partial charge in [0.2, 0.25) is 0 Å². The summed E-state index contributed by atoms with van der Waals surface area (Å²) < 4.78 is 0. The maximum atomic E-state index is 11.9. The molecule has 76 valence electrons. The molecule has 2 rings (SSSR count). The Bertz CT molecular complexity index is 449. The van der Waals surface area contributed by atoms with Gasteiger partial charge in [0.05, 0.1) is 5.69 Å². The highest BCUT2D eigenvalue weighted by molar-refractivity contribution is 6.54. The first-order chi connectivity index (χ1) is 7.29. The molecule has 0 radical (unpaired) electrons. The van der Waals surface area contributed by atoms with Gasteiger partial charge in [-0.15, -0.1) is 6.58 Å². The zero-order valence-corrected chi connectivity index (χ0v) is 8.60. The molecule has 3 heteroatoms. The molecule has 1 aromatic rings. The first kappa shape index (κ1) is 9.65. The van der Waals surface area contributed by atoms with E-state index in [2.05, 4.69) is 11.6 Å². The van der Waals surface area contributed by atoms with E-state index in [4.69, 9.17) is 0 Å². The van der Waals surface area contributed by atoms with Crippen molar-refractivity contribution in [1.82, 2.24) is 0 Å². The number of para-hydroxylation sites is 1. The highest BCUT2D eigenvalue weighted by atomic mass is 16.2. The van der Waals surface area contributed by atoms with Crippen LogP contribution in [0.4, 0.5) is 5.69 Å². The fourth-order valence-electron chi connectivity index (χ4n) is 1.79. The minimum atomic E-state index is -0.0430. The predicted octanol–water partition coefficient (Wildman–Crippen LogP) is 1.64. The Morgan fingerprint density at radius 3 is 2.87 bits per heavy atom. The van der Waals surface area contributed by atoms with Crippen LogP contribution in [0.1, 0.15) is 5.56 Å². The molecular formula is C12H12N2O. The maximum absolute atomic E-state index is 11.9. The lowest BCUT2D eigenvalue weighted by Gasteiger charge is -2.13. The van der Waals surface area contributed by atoms with Crippen molar-refractivity contribution in [2.24, 2.45) is 4.99 Å². The summed E-state index contributed by atoms with van der Waals surface area (Å²) in [4.78, 5) is 17.6. The molecule has 1 heterocycles. The molecule has 0 saturated carbocycles. The van der Waals surface area contributed by atoms with Gasteiger partial charge in [-0.25, -0.2) is 0 Å². The number of fused-ring (bicyclic) bond motifs is 1. The Morgan fingerprint density at radius 2 is 2.20 bits per heavy atom. The van der Waals surface area contributed by atoms with Crippen LogP contribution >= 0.6 is 0 Å². The second kappa shape index (κ2) is 3.69. The third-order valence-electron chi connectivity index (χ3n) is 2.43. The molecule has 0 N–H and O–H groups in total. The number of amides is 1. The molecule has 1 aromatic carbocycles. The smallest absolute Gasteiger partial charge is 0.277 e. The van der Waals surface area contributed by atoms with Crippen molar-refractivity contribution >= 4 is 17.3 Å². The van der Waals surface area contributed by atoms with Gasteiger partial charge in [0.1, 0.15) is 5.71 Å². The second-order valence-electron chi connectivity index (χ2n) is 3.29. The van der Waals surface area contributed by atoms with Gasteiger partial charge < -0.3 is 4.90 Å². The van der Waals surface area contributed by atoms with E-state index >= 15 is 0 Å². The van der Waals surface area contributed by atoms with Crippen LogP contribution < -0.4 is 4.90 Å². The molecule has 0 aliphatic carbocycles. The van der Waals surface area contributed by atoms with Crippen LogP contribution in [0.3, 0.4) is 0 Å². The molecule has 0 fully saturated rings. The zero-order valence-electron chi connectivity index (χ0n) is 8.60. The number of nitrogens with zero attached hydrogens (tertiary/aromatic N) is 2. The number of anilines is 1. The number of hydrogen-bond donors (Lipinski definition) is 0. The Morgan fingerprint density at radius 1 is 1.47 bits per heavy atom. The summed E-state index contributed by atoms with van der Waals surface area (Å²) in [7, 11) is 1.64. The lowest BCUT2D eigenvalue weighted by atomic mass is 10.1. The van der Waals surface area contributed by atoms with Crippen LogP contribution in [-0.2, 0) is 4.79 Å². The summed E-state index contributed by atoms with van der Waals surface area (Å²) in [6.07, 6.45) is 1.72. The topological polar surface area (TPSA) is 32.7 Å². The van der Waals surface area contributed by atoms with E-state index in [0.29, 0.717) is 12.3 Å². The van der Waals surface area contributed by atoms with Crippen LogP contribution in [0.5, 0.6) is 0 Å². The Labute approximate surface area is 88.7 Å². The minimum Gasteiger partial charge on any atom is -0.303 e. The standard InChI is InChI=1S/C12H12N2O/c1-3-8-14-10-7-5-4-6-9(10)11(13-2)12(14)15/h3-7H,1,8H2,2H3/b13-11-. The summed E-state index contributed by atoms with van der Waals surface area (Å²) in [5, 5.41) is 0. The molecule has 0 spiro atoms. The van der Waals surface area contributed by atoms with Crippen molar-refractivity contribution in [2.75, 3.05) is 18.5 Å². The molecule has 1 aliphatic heterocycles. The van der Waals surface area contributed by atoms with E-state index in [1.165, 1.54) is 0 Å². The minimum absolute atomic E-state index is 0.0430. The molecule has 0 aromatic heterocycles. The molecular weight excluding hydrogens is 188 g/mol. The number of benzene rings is 1. The fourth-order valence-corrected chi connectivity index (χ4v) is 1.79. The van der Waals surface area contributed by atoms with E-state index in [0.717, 1.165) is 11.3 Å². The average molecular weight is 200 g/mol. The first-order valence-electron chi connectivity index (χ1n) is 4.78. The molecule has 1 amide bonds. The molecule has 0 bridgehead atoms. The van der Waals surface area contributed by atoms with Crippen molar-refractivity contribution < 1.29 is 4.79 Å². The van der Waals surface area contributed by atoms with Crippen molar-refractivity contribution in [2.45, 2.75) is 0 Å². The second-order valence-corrected chi connectivity index (χ2v) is 3.29. The van der Waals surface area contributed by atoms with Crippen LogP contribution in [0, 0.1) is 0 Å². The average Bonchev–Trinajstić information content (AvgIpc) is 2.53. The van der Waals surface area contributed by atoms with Crippen molar-refractivity contribution in [1.29, 1.82) is 0 Å². The zero-order chi connectivity index (χ0) is 10.8. The van der Waals surface area contributed by atoms with Crippen molar-refractivity contribution in [3.05, 3.63) is 42.5 Å². The molecule has 1 aliphatic rings. The molecule has 0 unspecified atom stereocenters. The van der Waals surface area contributed by atoms with Crippen molar-refractivity contribution in [3.8, 4) is 0 Å². The number of carbonyl (C=O) groups is 1.